The molecule has 0 aliphatic heterocycles. The second-order valence-electron chi connectivity index (χ2n) is 4.13. The third-order valence-electron chi connectivity index (χ3n) is 2.96. The Morgan fingerprint density at radius 3 is 2.79 bits per heavy atom. The number of nitrogens with one attached hydrogen (secondary N) is 1. The summed E-state index contributed by atoms with van der Waals surface area (Å²) in [7, 11) is 1.59. The summed E-state index contributed by atoms with van der Waals surface area (Å²) in [5.74, 6) is 0.697. The van der Waals surface area contributed by atoms with E-state index in [2.05, 4.69) is 4.98 Å². The molecule has 0 saturated carbocycles. The molecule has 3 aromatic rings. The topological polar surface area (TPSA) is 47.0 Å². The van der Waals surface area contributed by atoms with Crippen molar-refractivity contribution in [3.63, 3.8) is 0 Å². The molecule has 0 radical (unpaired) electrons. The SMILES string of the molecule is COc1ccc2[nH]c(=O)n(-c3cccc(Cl)c3)c2c1. The number of methoxy groups -OCH3 is 1. The van der Waals surface area contributed by atoms with Crippen LogP contribution < -0.4 is 10.4 Å². The van der Waals surface area contributed by atoms with Gasteiger partial charge in [0.2, 0.25) is 0 Å². The van der Waals surface area contributed by atoms with Crippen molar-refractivity contribution in [3.8, 4) is 11.4 Å². The lowest BCUT2D eigenvalue weighted by atomic mass is 10.2. The summed E-state index contributed by atoms with van der Waals surface area (Å²) in [4.78, 5) is 14.9. The van der Waals surface area contributed by atoms with Gasteiger partial charge in [-0.15, -0.1) is 0 Å². The van der Waals surface area contributed by atoms with Crippen LogP contribution in [0.4, 0.5) is 0 Å². The Labute approximate surface area is 114 Å². The van der Waals surface area contributed by atoms with E-state index in [1.807, 2.05) is 24.3 Å². The number of aromatic nitrogens is 2. The minimum Gasteiger partial charge on any atom is -0.497 e. The number of hydrogen-bond acceptors (Lipinski definition) is 2. The van der Waals surface area contributed by atoms with Crippen molar-refractivity contribution >= 4 is 22.6 Å². The maximum absolute atomic E-state index is 12.1. The number of hydrogen-bond donors (Lipinski definition) is 1. The summed E-state index contributed by atoms with van der Waals surface area (Å²) in [5.41, 5.74) is 2.03. The van der Waals surface area contributed by atoms with Gasteiger partial charge in [0.1, 0.15) is 5.75 Å². The predicted octanol–water partition coefficient (Wildman–Crippen LogP) is 2.98. The molecule has 0 aliphatic carbocycles. The Balaban J connectivity index is 2.33. The predicted molar refractivity (Wildman–Crippen MR) is 75.5 cm³/mol. The highest BCUT2D eigenvalue weighted by atomic mass is 35.5. The van der Waals surface area contributed by atoms with Crippen molar-refractivity contribution in [3.05, 3.63) is 58.0 Å². The number of ether oxygens (including phenoxy) is 1. The number of nitrogens with zero attached hydrogens (tertiary/aromatic N) is 1. The first-order chi connectivity index (χ1) is 9.19. The first-order valence-corrected chi connectivity index (χ1v) is 6.11. The quantitative estimate of drug-likeness (QED) is 0.781. The number of H-pyrrole nitrogens is 1. The summed E-state index contributed by atoms with van der Waals surface area (Å²) in [6.07, 6.45) is 0. The minimum atomic E-state index is -0.203. The fraction of sp³-hybridized carbons (Fsp3) is 0.0714. The molecule has 0 spiro atoms. The minimum absolute atomic E-state index is 0.203. The van der Waals surface area contributed by atoms with E-state index in [9.17, 15) is 4.79 Å². The third kappa shape index (κ3) is 2.00. The highest BCUT2D eigenvalue weighted by Crippen LogP contribution is 2.22. The molecular weight excluding hydrogens is 264 g/mol. The van der Waals surface area contributed by atoms with Crippen LogP contribution in [-0.4, -0.2) is 16.7 Å². The van der Waals surface area contributed by atoms with Crippen LogP contribution in [0.5, 0.6) is 5.75 Å². The van der Waals surface area contributed by atoms with E-state index in [4.69, 9.17) is 16.3 Å². The summed E-state index contributed by atoms with van der Waals surface area (Å²) in [6, 6.07) is 12.6. The van der Waals surface area contributed by atoms with Crippen LogP contribution in [0.15, 0.2) is 47.3 Å². The molecule has 19 heavy (non-hydrogen) atoms. The standard InChI is InChI=1S/C14H11ClN2O2/c1-19-11-5-6-12-13(8-11)17(14(18)16-12)10-4-2-3-9(15)7-10/h2-8H,1H3,(H,16,18). The second kappa shape index (κ2) is 4.48. The highest BCUT2D eigenvalue weighted by molar-refractivity contribution is 6.30. The summed E-state index contributed by atoms with van der Waals surface area (Å²) < 4.78 is 6.76. The summed E-state index contributed by atoms with van der Waals surface area (Å²) in [5, 5.41) is 0.585. The normalized spacial score (nSPS) is 10.8. The van der Waals surface area contributed by atoms with E-state index in [1.54, 1.807) is 29.9 Å². The Morgan fingerprint density at radius 1 is 1.21 bits per heavy atom. The van der Waals surface area contributed by atoms with Gasteiger partial charge < -0.3 is 9.72 Å². The average Bonchev–Trinajstić information content (AvgIpc) is 2.73. The van der Waals surface area contributed by atoms with Gasteiger partial charge in [0.25, 0.3) is 0 Å². The van der Waals surface area contributed by atoms with Crippen LogP contribution in [0.3, 0.4) is 0 Å². The van der Waals surface area contributed by atoms with Crippen molar-refractivity contribution < 1.29 is 4.74 Å². The number of imidazole rings is 1. The van der Waals surface area contributed by atoms with Gasteiger partial charge in [0.05, 0.1) is 23.8 Å². The molecule has 0 saturated heterocycles. The molecule has 0 bridgehead atoms. The maximum Gasteiger partial charge on any atom is 0.331 e. The van der Waals surface area contributed by atoms with Gasteiger partial charge in [-0.3, -0.25) is 4.57 Å². The molecule has 0 amide bonds. The maximum atomic E-state index is 12.1. The molecule has 2 aromatic carbocycles. The van der Waals surface area contributed by atoms with Crippen LogP contribution in [0.2, 0.25) is 5.02 Å². The number of halogens is 1. The van der Waals surface area contributed by atoms with E-state index < -0.39 is 0 Å². The first kappa shape index (κ1) is 11.9. The van der Waals surface area contributed by atoms with Crippen molar-refractivity contribution in [2.75, 3.05) is 7.11 Å². The van der Waals surface area contributed by atoms with E-state index in [0.29, 0.717) is 10.8 Å². The average molecular weight is 275 g/mol. The fourth-order valence-corrected chi connectivity index (χ4v) is 2.27. The van der Waals surface area contributed by atoms with Gasteiger partial charge >= 0.3 is 5.69 Å². The Kier molecular flexibility index (Phi) is 2.80. The van der Waals surface area contributed by atoms with Crippen molar-refractivity contribution in [2.45, 2.75) is 0 Å². The molecule has 1 aromatic heterocycles. The smallest absolute Gasteiger partial charge is 0.331 e. The van der Waals surface area contributed by atoms with Crippen LogP contribution >= 0.6 is 11.6 Å². The first-order valence-electron chi connectivity index (χ1n) is 5.74. The molecule has 0 unspecified atom stereocenters. The zero-order valence-electron chi connectivity index (χ0n) is 10.2. The van der Waals surface area contributed by atoms with Gasteiger partial charge in [0, 0.05) is 11.1 Å². The largest absolute Gasteiger partial charge is 0.497 e. The molecule has 1 N–H and O–H groups in total. The number of benzene rings is 2. The molecular formula is C14H11ClN2O2. The highest BCUT2D eigenvalue weighted by Gasteiger charge is 2.09. The van der Waals surface area contributed by atoms with E-state index >= 15 is 0 Å². The van der Waals surface area contributed by atoms with Crippen molar-refractivity contribution in [1.82, 2.24) is 9.55 Å². The molecule has 3 rings (SSSR count). The molecule has 0 atom stereocenters. The van der Waals surface area contributed by atoms with Crippen LogP contribution in [0.1, 0.15) is 0 Å². The molecule has 4 nitrogen and oxygen atoms in total. The van der Waals surface area contributed by atoms with Crippen molar-refractivity contribution in [1.29, 1.82) is 0 Å². The fourth-order valence-electron chi connectivity index (χ4n) is 2.08. The zero-order valence-corrected chi connectivity index (χ0v) is 10.9. The molecule has 1 heterocycles. The summed E-state index contributed by atoms with van der Waals surface area (Å²) >= 11 is 5.97. The Bertz CT molecular complexity index is 805. The van der Waals surface area contributed by atoms with Gasteiger partial charge in [-0.05, 0) is 30.3 Å². The second-order valence-corrected chi connectivity index (χ2v) is 4.56. The van der Waals surface area contributed by atoms with Gasteiger partial charge in [-0.1, -0.05) is 17.7 Å². The number of aromatic amines is 1. The van der Waals surface area contributed by atoms with Crippen LogP contribution in [0, 0.1) is 0 Å². The molecule has 0 fully saturated rings. The van der Waals surface area contributed by atoms with Gasteiger partial charge in [0.15, 0.2) is 0 Å². The molecule has 96 valence electrons. The van der Waals surface area contributed by atoms with E-state index in [0.717, 1.165) is 16.7 Å². The lowest BCUT2D eigenvalue weighted by Crippen LogP contribution is -2.14. The lowest BCUT2D eigenvalue weighted by molar-refractivity contribution is 0.415. The zero-order chi connectivity index (χ0) is 13.4. The number of rotatable bonds is 2. The van der Waals surface area contributed by atoms with E-state index in [1.165, 1.54) is 0 Å². The number of fused-ring (bicyclic) bond motifs is 1. The van der Waals surface area contributed by atoms with Gasteiger partial charge in [-0.25, -0.2) is 4.79 Å². The molecule has 5 heteroatoms. The third-order valence-corrected chi connectivity index (χ3v) is 3.19. The van der Waals surface area contributed by atoms with Crippen LogP contribution in [0.25, 0.3) is 16.7 Å². The Hall–Kier alpha value is -2.20. The Morgan fingerprint density at radius 2 is 2.05 bits per heavy atom. The van der Waals surface area contributed by atoms with E-state index in [-0.39, 0.29) is 5.69 Å². The summed E-state index contributed by atoms with van der Waals surface area (Å²) in [6.45, 7) is 0. The molecule has 0 aliphatic rings. The van der Waals surface area contributed by atoms with Crippen molar-refractivity contribution in [2.24, 2.45) is 0 Å². The van der Waals surface area contributed by atoms with Gasteiger partial charge in [-0.2, -0.15) is 0 Å². The lowest BCUT2D eigenvalue weighted by Gasteiger charge is -2.05. The van der Waals surface area contributed by atoms with Crippen LogP contribution in [-0.2, 0) is 0 Å². The monoisotopic (exact) mass is 274 g/mol.